The molecule has 0 atom stereocenters. The minimum Gasteiger partial charge on any atom is -0.491 e. The van der Waals surface area contributed by atoms with Crippen LogP contribution in [-0.2, 0) is 4.79 Å². The molecule has 0 heterocycles. The highest BCUT2D eigenvalue weighted by molar-refractivity contribution is 14.0. The quantitative estimate of drug-likeness (QED) is 0.368. The Morgan fingerprint density at radius 1 is 1.21 bits per heavy atom. The lowest BCUT2D eigenvalue weighted by molar-refractivity contribution is -0.121. The van der Waals surface area contributed by atoms with Crippen LogP contribution in [0.25, 0.3) is 0 Å². The number of nitrogens with one attached hydrogen (secondary N) is 3. The van der Waals surface area contributed by atoms with Crippen LogP contribution in [0.3, 0.4) is 0 Å². The van der Waals surface area contributed by atoms with Crippen LogP contribution in [0, 0.1) is 0 Å². The average molecular weight is 448 g/mol. The van der Waals surface area contributed by atoms with E-state index in [9.17, 15) is 4.79 Å². The molecule has 0 aliphatic rings. The number of ether oxygens (including phenoxy) is 1. The molecule has 0 saturated carbocycles. The molecule has 0 aromatic heterocycles. The van der Waals surface area contributed by atoms with Crippen molar-refractivity contribution in [3.8, 4) is 5.75 Å². The lowest BCUT2D eigenvalue weighted by atomic mass is 10.1. The molecule has 1 aromatic carbocycles. The number of amides is 1. The van der Waals surface area contributed by atoms with E-state index in [1.54, 1.807) is 7.05 Å². The maximum absolute atomic E-state index is 11.8. The van der Waals surface area contributed by atoms with Gasteiger partial charge in [-0.25, -0.2) is 0 Å². The summed E-state index contributed by atoms with van der Waals surface area (Å²) in [6.45, 7) is 9.96. The molecule has 0 aliphatic carbocycles. The summed E-state index contributed by atoms with van der Waals surface area (Å²) in [5.74, 6) is 1.27. The third-order valence-corrected chi connectivity index (χ3v) is 2.64. The summed E-state index contributed by atoms with van der Waals surface area (Å²) < 4.78 is 5.60. The minimum absolute atomic E-state index is 0. The zero-order chi connectivity index (χ0) is 17.5. The number of nitrogens with zero attached hydrogens (tertiary/aromatic N) is 1. The Morgan fingerprint density at radius 3 is 2.25 bits per heavy atom. The number of halogens is 1. The topological polar surface area (TPSA) is 74.8 Å². The van der Waals surface area contributed by atoms with Gasteiger partial charge in [-0.05, 0) is 58.9 Å². The van der Waals surface area contributed by atoms with E-state index in [0.29, 0.717) is 5.96 Å². The van der Waals surface area contributed by atoms with Crippen LogP contribution >= 0.6 is 24.0 Å². The van der Waals surface area contributed by atoms with E-state index >= 15 is 0 Å². The van der Waals surface area contributed by atoms with Gasteiger partial charge >= 0.3 is 0 Å². The first kappa shape index (κ1) is 22.5. The number of benzene rings is 1. The van der Waals surface area contributed by atoms with Crippen molar-refractivity contribution in [3.63, 3.8) is 0 Å². The van der Waals surface area contributed by atoms with Crippen LogP contribution in [0.4, 0.5) is 5.69 Å². The number of hydrogen-bond donors (Lipinski definition) is 3. The molecule has 24 heavy (non-hydrogen) atoms. The first-order valence-corrected chi connectivity index (χ1v) is 7.75. The zero-order valence-corrected chi connectivity index (χ0v) is 17.6. The van der Waals surface area contributed by atoms with Crippen molar-refractivity contribution < 1.29 is 9.53 Å². The molecular formula is C17H29IN4O2. The summed E-state index contributed by atoms with van der Waals surface area (Å²) in [6.07, 6.45) is 0.143. The van der Waals surface area contributed by atoms with Gasteiger partial charge in [-0.3, -0.25) is 9.79 Å². The lowest BCUT2D eigenvalue weighted by Gasteiger charge is -2.21. The Kier molecular flexibility index (Phi) is 9.72. The van der Waals surface area contributed by atoms with E-state index in [4.69, 9.17) is 4.74 Å². The van der Waals surface area contributed by atoms with Gasteiger partial charge in [0.2, 0.25) is 5.91 Å². The molecular weight excluding hydrogens is 419 g/mol. The SMILES string of the molecule is CN=C(NCC(=O)NC(C)(C)C)Nc1ccc(OC(C)C)cc1.I. The fourth-order valence-corrected chi connectivity index (χ4v) is 1.83. The number of rotatable bonds is 5. The molecule has 6 nitrogen and oxygen atoms in total. The number of hydrogen-bond acceptors (Lipinski definition) is 3. The fourth-order valence-electron chi connectivity index (χ4n) is 1.83. The Labute approximate surface area is 161 Å². The summed E-state index contributed by atoms with van der Waals surface area (Å²) in [4.78, 5) is 15.9. The van der Waals surface area contributed by atoms with Crippen molar-refractivity contribution in [1.29, 1.82) is 0 Å². The van der Waals surface area contributed by atoms with Crippen molar-refractivity contribution in [2.24, 2.45) is 4.99 Å². The molecule has 7 heteroatoms. The Morgan fingerprint density at radius 2 is 1.79 bits per heavy atom. The Bertz CT molecular complexity index is 537. The second-order valence-corrected chi connectivity index (χ2v) is 6.54. The molecule has 136 valence electrons. The average Bonchev–Trinajstić information content (AvgIpc) is 2.42. The van der Waals surface area contributed by atoms with Gasteiger partial charge in [0.05, 0.1) is 12.6 Å². The van der Waals surface area contributed by atoms with E-state index in [2.05, 4.69) is 20.9 Å². The molecule has 1 amide bonds. The van der Waals surface area contributed by atoms with Crippen molar-refractivity contribution >= 4 is 41.5 Å². The van der Waals surface area contributed by atoms with Crippen molar-refractivity contribution in [3.05, 3.63) is 24.3 Å². The van der Waals surface area contributed by atoms with E-state index in [-0.39, 0.29) is 48.1 Å². The molecule has 0 unspecified atom stereocenters. The largest absolute Gasteiger partial charge is 0.491 e. The van der Waals surface area contributed by atoms with Crippen molar-refractivity contribution in [2.75, 3.05) is 18.9 Å². The molecule has 3 N–H and O–H groups in total. The molecule has 1 rings (SSSR count). The predicted octanol–water partition coefficient (Wildman–Crippen LogP) is 2.99. The summed E-state index contributed by atoms with van der Waals surface area (Å²) in [6, 6.07) is 7.59. The highest BCUT2D eigenvalue weighted by Gasteiger charge is 2.13. The summed E-state index contributed by atoms with van der Waals surface area (Å²) >= 11 is 0. The molecule has 1 aromatic rings. The maximum atomic E-state index is 11.8. The van der Waals surface area contributed by atoms with Crippen LogP contribution < -0.4 is 20.7 Å². The zero-order valence-electron chi connectivity index (χ0n) is 15.3. The number of aliphatic imine (C=N–C) groups is 1. The Hall–Kier alpha value is -1.51. The molecule has 0 bridgehead atoms. The van der Waals surface area contributed by atoms with Crippen LogP contribution in [0.1, 0.15) is 34.6 Å². The molecule has 0 fully saturated rings. The van der Waals surface area contributed by atoms with Crippen LogP contribution in [0.2, 0.25) is 0 Å². The van der Waals surface area contributed by atoms with Gasteiger partial charge < -0.3 is 20.7 Å². The monoisotopic (exact) mass is 448 g/mol. The highest BCUT2D eigenvalue weighted by atomic mass is 127. The van der Waals surface area contributed by atoms with E-state index in [0.717, 1.165) is 11.4 Å². The van der Waals surface area contributed by atoms with Crippen LogP contribution in [-0.4, -0.2) is 37.1 Å². The fraction of sp³-hybridized carbons (Fsp3) is 0.529. The standard InChI is InChI=1S/C17H28N4O2.HI/c1-12(2)23-14-9-7-13(8-10-14)20-16(18-6)19-11-15(22)21-17(3,4)5;/h7-10,12H,11H2,1-6H3,(H,21,22)(H2,18,19,20);1H. The van der Waals surface area contributed by atoms with E-state index in [1.807, 2.05) is 58.9 Å². The second-order valence-electron chi connectivity index (χ2n) is 6.54. The molecule has 0 aliphatic heterocycles. The number of carbonyl (C=O) groups is 1. The van der Waals surface area contributed by atoms with Gasteiger partial charge in [0.1, 0.15) is 5.75 Å². The van der Waals surface area contributed by atoms with Crippen molar-refractivity contribution in [1.82, 2.24) is 10.6 Å². The highest BCUT2D eigenvalue weighted by Crippen LogP contribution is 2.16. The van der Waals surface area contributed by atoms with E-state index in [1.165, 1.54) is 0 Å². The van der Waals surface area contributed by atoms with Gasteiger partial charge in [-0.2, -0.15) is 0 Å². The lowest BCUT2D eigenvalue weighted by Crippen LogP contribution is -2.46. The number of anilines is 1. The first-order chi connectivity index (χ1) is 10.7. The molecule has 0 radical (unpaired) electrons. The third-order valence-electron chi connectivity index (χ3n) is 2.64. The maximum Gasteiger partial charge on any atom is 0.239 e. The van der Waals surface area contributed by atoms with Gasteiger partial charge in [0.15, 0.2) is 5.96 Å². The number of guanidine groups is 1. The summed E-state index contributed by atoms with van der Waals surface area (Å²) in [5, 5.41) is 9.00. The third kappa shape index (κ3) is 9.59. The van der Waals surface area contributed by atoms with Crippen molar-refractivity contribution in [2.45, 2.75) is 46.3 Å². The van der Waals surface area contributed by atoms with Crippen LogP contribution in [0.15, 0.2) is 29.3 Å². The smallest absolute Gasteiger partial charge is 0.239 e. The summed E-state index contributed by atoms with van der Waals surface area (Å²) in [7, 11) is 1.66. The van der Waals surface area contributed by atoms with Gasteiger partial charge in [-0.15, -0.1) is 24.0 Å². The number of carbonyl (C=O) groups excluding carboxylic acids is 1. The first-order valence-electron chi connectivity index (χ1n) is 7.75. The molecule has 0 saturated heterocycles. The van der Waals surface area contributed by atoms with E-state index < -0.39 is 0 Å². The van der Waals surface area contributed by atoms with Gasteiger partial charge in [-0.1, -0.05) is 0 Å². The second kappa shape index (κ2) is 10.4. The Balaban J connectivity index is 0.00000529. The van der Waals surface area contributed by atoms with Gasteiger partial charge in [0.25, 0.3) is 0 Å². The minimum atomic E-state index is -0.248. The normalized spacial score (nSPS) is 11.5. The predicted molar refractivity (Wildman–Crippen MR) is 111 cm³/mol. The van der Waals surface area contributed by atoms with Crippen LogP contribution in [0.5, 0.6) is 5.75 Å². The molecule has 0 spiro atoms. The summed E-state index contributed by atoms with van der Waals surface area (Å²) in [5.41, 5.74) is 0.618. The van der Waals surface area contributed by atoms with Gasteiger partial charge in [0, 0.05) is 18.3 Å².